The van der Waals surface area contributed by atoms with Gasteiger partial charge in [0.2, 0.25) is 0 Å². The summed E-state index contributed by atoms with van der Waals surface area (Å²) in [6.07, 6.45) is 1.35. The van der Waals surface area contributed by atoms with Crippen LogP contribution >= 0.6 is 23.2 Å². The van der Waals surface area contributed by atoms with Crippen LogP contribution < -0.4 is 11.3 Å². The topological polar surface area (TPSA) is 92.3 Å². The highest BCUT2D eigenvalue weighted by Crippen LogP contribution is 2.24. The van der Waals surface area contributed by atoms with Crippen molar-refractivity contribution in [3.63, 3.8) is 0 Å². The Morgan fingerprint density at radius 2 is 2.20 bits per heavy atom. The first-order valence-electron chi connectivity index (χ1n) is 5.55. The Bertz CT molecular complexity index is 556. The van der Waals surface area contributed by atoms with E-state index >= 15 is 0 Å². The molecule has 20 heavy (non-hydrogen) atoms. The number of oxime groups is 1. The van der Waals surface area contributed by atoms with Gasteiger partial charge >= 0.3 is 6.03 Å². The largest absolute Gasteiger partial charge is 0.391 e. The van der Waals surface area contributed by atoms with Gasteiger partial charge in [-0.1, -0.05) is 34.4 Å². The lowest BCUT2D eigenvalue weighted by atomic mass is 10.2. The SMILES string of the molecule is NN1CC(C=NOCc2c(Cl)cccc2Cl)=NNC1=O. The number of nitrogens with two attached hydrogens (primary N) is 1. The van der Waals surface area contributed by atoms with E-state index in [0.717, 1.165) is 5.01 Å². The molecule has 0 atom stereocenters. The van der Waals surface area contributed by atoms with Crippen molar-refractivity contribution in [1.29, 1.82) is 0 Å². The quantitative estimate of drug-likeness (QED) is 0.384. The van der Waals surface area contributed by atoms with E-state index in [-0.39, 0.29) is 13.2 Å². The molecule has 0 aromatic heterocycles. The number of hydrazine groups is 1. The lowest BCUT2D eigenvalue weighted by molar-refractivity contribution is 0.132. The van der Waals surface area contributed by atoms with E-state index in [2.05, 4.69) is 15.7 Å². The molecule has 0 saturated heterocycles. The number of nitrogens with one attached hydrogen (secondary N) is 1. The molecule has 2 amide bonds. The minimum atomic E-state index is -0.481. The second-order valence-electron chi connectivity index (χ2n) is 3.86. The first-order chi connectivity index (χ1) is 9.58. The van der Waals surface area contributed by atoms with Gasteiger partial charge in [-0.15, -0.1) is 0 Å². The van der Waals surface area contributed by atoms with E-state index in [4.69, 9.17) is 33.9 Å². The van der Waals surface area contributed by atoms with Gasteiger partial charge in [-0.05, 0) is 12.1 Å². The third kappa shape index (κ3) is 3.60. The van der Waals surface area contributed by atoms with Crippen molar-refractivity contribution >= 4 is 41.2 Å². The lowest BCUT2D eigenvalue weighted by Gasteiger charge is -2.19. The fourth-order valence-corrected chi connectivity index (χ4v) is 1.91. The highest BCUT2D eigenvalue weighted by atomic mass is 35.5. The number of hydrogen-bond acceptors (Lipinski definition) is 5. The molecule has 0 unspecified atom stereocenters. The highest BCUT2D eigenvalue weighted by molar-refractivity contribution is 6.36. The second-order valence-corrected chi connectivity index (χ2v) is 4.67. The summed E-state index contributed by atoms with van der Waals surface area (Å²) in [7, 11) is 0. The number of amides is 2. The Balaban J connectivity index is 1.90. The minimum Gasteiger partial charge on any atom is -0.391 e. The Morgan fingerprint density at radius 1 is 1.50 bits per heavy atom. The molecule has 1 aliphatic rings. The number of halogens is 2. The molecule has 3 N–H and O–H groups in total. The first-order valence-corrected chi connectivity index (χ1v) is 6.30. The number of rotatable bonds is 4. The van der Waals surface area contributed by atoms with Crippen molar-refractivity contribution in [3.8, 4) is 0 Å². The zero-order valence-corrected chi connectivity index (χ0v) is 11.7. The second kappa shape index (κ2) is 6.56. The average Bonchev–Trinajstić information content (AvgIpc) is 2.41. The van der Waals surface area contributed by atoms with Crippen molar-refractivity contribution in [1.82, 2.24) is 10.4 Å². The molecule has 0 radical (unpaired) electrons. The summed E-state index contributed by atoms with van der Waals surface area (Å²) in [5.41, 5.74) is 3.32. The zero-order chi connectivity index (χ0) is 14.5. The van der Waals surface area contributed by atoms with Gasteiger partial charge in [0.15, 0.2) is 0 Å². The normalized spacial score (nSPS) is 15.2. The van der Waals surface area contributed by atoms with E-state index in [1.807, 2.05) is 0 Å². The van der Waals surface area contributed by atoms with Crippen LogP contribution in [0.25, 0.3) is 0 Å². The molecule has 0 bridgehead atoms. The van der Waals surface area contributed by atoms with Crippen LogP contribution in [0.4, 0.5) is 4.79 Å². The van der Waals surface area contributed by atoms with Crippen LogP contribution in [-0.4, -0.2) is 29.5 Å². The number of hydrogen-bond donors (Lipinski definition) is 2. The number of urea groups is 1. The fraction of sp³-hybridized carbons (Fsp3) is 0.182. The number of carbonyl (C=O) groups excluding carboxylic acids is 1. The first kappa shape index (κ1) is 14.6. The van der Waals surface area contributed by atoms with E-state index < -0.39 is 6.03 Å². The van der Waals surface area contributed by atoms with Crippen molar-refractivity contribution in [2.45, 2.75) is 6.61 Å². The Morgan fingerprint density at radius 3 is 2.85 bits per heavy atom. The number of benzene rings is 1. The summed E-state index contributed by atoms with van der Waals surface area (Å²) in [5, 5.41) is 9.46. The van der Waals surface area contributed by atoms with Gasteiger partial charge in [-0.25, -0.2) is 16.1 Å². The minimum absolute atomic E-state index is 0.126. The molecular formula is C11H11Cl2N5O2. The molecule has 9 heteroatoms. The van der Waals surface area contributed by atoms with E-state index in [1.165, 1.54) is 6.21 Å². The summed E-state index contributed by atoms with van der Waals surface area (Å²) < 4.78 is 0. The average molecular weight is 316 g/mol. The maximum absolute atomic E-state index is 11.0. The third-order valence-corrected chi connectivity index (χ3v) is 3.14. The predicted octanol–water partition coefficient (Wildman–Crippen LogP) is 1.75. The third-order valence-electron chi connectivity index (χ3n) is 2.44. The predicted molar refractivity (Wildman–Crippen MR) is 76.6 cm³/mol. The van der Waals surface area contributed by atoms with Gasteiger partial charge in [-0.3, -0.25) is 5.01 Å². The standard InChI is InChI=1S/C11H11Cl2N5O2/c12-9-2-1-3-10(13)8(9)6-20-15-4-7-5-18(14)11(19)17-16-7/h1-4H,5-6,14H2,(H,17,19). The van der Waals surface area contributed by atoms with Gasteiger partial charge in [0.25, 0.3) is 0 Å². The molecule has 2 rings (SSSR count). The molecule has 0 aliphatic carbocycles. The molecular weight excluding hydrogens is 305 g/mol. The number of nitrogens with zero attached hydrogens (tertiary/aromatic N) is 3. The van der Waals surface area contributed by atoms with Gasteiger partial charge in [0.1, 0.15) is 12.3 Å². The van der Waals surface area contributed by atoms with E-state index in [1.54, 1.807) is 18.2 Å². The maximum Gasteiger partial charge on any atom is 0.352 e. The van der Waals surface area contributed by atoms with Crippen molar-refractivity contribution in [3.05, 3.63) is 33.8 Å². The van der Waals surface area contributed by atoms with E-state index in [9.17, 15) is 4.79 Å². The molecule has 1 aromatic carbocycles. The van der Waals surface area contributed by atoms with E-state index in [0.29, 0.717) is 21.3 Å². The van der Waals surface area contributed by atoms with Crippen molar-refractivity contribution < 1.29 is 9.63 Å². The molecule has 0 saturated carbocycles. The Hall–Kier alpha value is -1.83. The van der Waals surface area contributed by atoms with Crippen LogP contribution in [0, 0.1) is 0 Å². The highest BCUT2D eigenvalue weighted by Gasteiger charge is 2.16. The van der Waals surface area contributed by atoms with Crippen LogP contribution in [0.1, 0.15) is 5.56 Å². The summed E-state index contributed by atoms with van der Waals surface area (Å²) in [6, 6.07) is 4.68. The summed E-state index contributed by atoms with van der Waals surface area (Å²) >= 11 is 12.0. The lowest BCUT2D eigenvalue weighted by Crippen LogP contribution is -2.50. The molecule has 1 heterocycles. The summed E-state index contributed by atoms with van der Waals surface area (Å²) in [4.78, 5) is 16.1. The van der Waals surface area contributed by atoms with Gasteiger partial charge < -0.3 is 4.84 Å². The molecule has 0 spiro atoms. The van der Waals surface area contributed by atoms with Crippen molar-refractivity contribution in [2.24, 2.45) is 16.1 Å². The van der Waals surface area contributed by atoms with Crippen LogP contribution in [0.5, 0.6) is 0 Å². The molecule has 1 aromatic rings. The summed E-state index contributed by atoms with van der Waals surface area (Å²) in [6.45, 7) is 0.270. The Labute approximate surface area is 124 Å². The van der Waals surface area contributed by atoms with Crippen LogP contribution in [-0.2, 0) is 11.4 Å². The zero-order valence-electron chi connectivity index (χ0n) is 10.2. The molecule has 7 nitrogen and oxygen atoms in total. The Kier molecular flexibility index (Phi) is 4.78. The smallest absolute Gasteiger partial charge is 0.352 e. The summed E-state index contributed by atoms with van der Waals surface area (Å²) in [5.74, 6) is 5.41. The molecule has 0 fully saturated rings. The number of carbonyl (C=O) groups is 1. The van der Waals surface area contributed by atoms with Gasteiger partial charge in [-0.2, -0.15) is 5.10 Å². The fourth-order valence-electron chi connectivity index (χ4n) is 1.41. The molecule has 106 valence electrons. The van der Waals surface area contributed by atoms with Gasteiger partial charge in [0.05, 0.1) is 12.8 Å². The van der Waals surface area contributed by atoms with Gasteiger partial charge in [0, 0.05) is 15.6 Å². The van der Waals surface area contributed by atoms with Crippen LogP contribution in [0.15, 0.2) is 28.5 Å². The maximum atomic E-state index is 11.0. The van der Waals surface area contributed by atoms with Crippen LogP contribution in [0.3, 0.4) is 0 Å². The van der Waals surface area contributed by atoms with Crippen molar-refractivity contribution in [2.75, 3.05) is 6.54 Å². The van der Waals surface area contributed by atoms with Crippen LogP contribution in [0.2, 0.25) is 10.0 Å². The monoisotopic (exact) mass is 315 g/mol. The number of hydrazone groups is 1. The molecule has 1 aliphatic heterocycles.